The Hall–Kier alpha value is -4.37. The number of hydrogen-bond acceptors (Lipinski definition) is 6. The number of fused-ring (bicyclic) bond motifs is 1. The number of aromatic nitrogens is 2. The quantitative estimate of drug-likeness (QED) is 0.176. The number of nitrogens with zero attached hydrogens (tertiary/aromatic N) is 3. The van der Waals surface area contributed by atoms with Crippen molar-refractivity contribution in [1.29, 1.82) is 0 Å². The summed E-state index contributed by atoms with van der Waals surface area (Å²) in [5.41, 5.74) is 6.02. The lowest BCUT2D eigenvalue weighted by atomic mass is 9.93. The van der Waals surface area contributed by atoms with E-state index < -0.39 is 11.7 Å². The smallest absolute Gasteiger partial charge is 0.410 e. The number of carbonyl (C=O) groups is 2. The van der Waals surface area contributed by atoms with E-state index in [0.29, 0.717) is 5.88 Å². The highest BCUT2D eigenvalue weighted by atomic mass is 32.1. The first-order valence-electron chi connectivity index (χ1n) is 14.8. The molecule has 0 bridgehead atoms. The molecule has 4 rings (SSSR count). The van der Waals surface area contributed by atoms with Crippen LogP contribution in [0.25, 0.3) is 22.0 Å². The zero-order chi connectivity index (χ0) is 31.9. The zero-order valence-corrected chi connectivity index (χ0v) is 27.5. The third-order valence-corrected chi connectivity index (χ3v) is 7.71. The number of pyridine rings is 1. The summed E-state index contributed by atoms with van der Waals surface area (Å²) in [6.07, 6.45) is 5.31. The molecule has 232 valence electrons. The number of benzene rings is 1. The van der Waals surface area contributed by atoms with E-state index in [1.165, 1.54) is 31.9 Å². The summed E-state index contributed by atoms with van der Waals surface area (Å²) in [6.45, 7) is 10.4. The van der Waals surface area contributed by atoms with Gasteiger partial charge in [-0.05, 0) is 74.9 Å². The number of carbonyl (C=O) groups excluding carboxylic acids is 2. The number of thiophene rings is 1. The molecule has 0 fully saturated rings. The summed E-state index contributed by atoms with van der Waals surface area (Å²) in [6, 6.07) is 16.6. The molecule has 0 aliphatic carbocycles. The SMILES string of the molecule is CC/C(=C(/c1ccc(OCCN(C/C=C/C(=O)N(C)C)C(=O)OC(C)(C)C)nc1)c1cc2ccccc2[nH]1)c1csc(C)c1. The number of allylic oxidation sites excluding steroid dienone is 1. The van der Waals surface area contributed by atoms with Crippen LogP contribution in [0.1, 0.15) is 55.8 Å². The second-order valence-corrected chi connectivity index (χ2v) is 12.8. The van der Waals surface area contributed by atoms with Gasteiger partial charge in [0.25, 0.3) is 0 Å². The van der Waals surface area contributed by atoms with Gasteiger partial charge in [-0.3, -0.25) is 4.79 Å². The van der Waals surface area contributed by atoms with Crippen molar-refractivity contribution in [3.63, 3.8) is 0 Å². The molecule has 9 heteroatoms. The van der Waals surface area contributed by atoms with Crippen molar-refractivity contribution in [2.45, 2.75) is 46.6 Å². The fourth-order valence-electron chi connectivity index (χ4n) is 4.71. The Morgan fingerprint density at radius 3 is 2.45 bits per heavy atom. The van der Waals surface area contributed by atoms with Gasteiger partial charge in [0.15, 0.2) is 0 Å². The lowest BCUT2D eigenvalue weighted by Crippen LogP contribution is -2.39. The number of para-hydroxylation sites is 1. The molecule has 4 aromatic rings. The van der Waals surface area contributed by atoms with Crippen LogP contribution in [0.5, 0.6) is 5.88 Å². The number of likely N-dealkylation sites (N-methyl/N-ethyl adjacent to an activating group) is 1. The summed E-state index contributed by atoms with van der Waals surface area (Å²) in [5, 5.41) is 3.37. The number of aryl methyl sites for hydroxylation is 1. The normalized spacial score (nSPS) is 12.3. The summed E-state index contributed by atoms with van der Waals surface area (Å²) >= 11 is 1.75. The average Bonchev–Trinajstić information content (AvgIpc) is 3.60. The number of ether oxygens (including phenoxy) is 2. The summed E-state index contributed by atoms with van der Waals surface area (Å²) < 4.78 is 11.5. The maximum absolute atomic E-state index is 12.8. The molecular formula is C35H42N4O4S. The van der Waals surface area contributed by atoms with Crippen LogP contribution in [0, 0.1) is 6.92 Å². The van der Waals surface area contributed by atoms with Gasteiger partial charge in [0.1, 0.15) is 12.2 Å². The number of H-pyrrole nitrogens is 1. The van der Waals surface area contributed by atoms with Crippen molar-refractivity contribution in [3.05, 3.63) is 94.0 Å². The monoisotopic (exact) mass is 614 g/mol. The van der Waals surface area contributed by atoms with Crippen LogP contribution in [0.4, 0.5) is 4.79 Å². The molecule has 0 aliphatic rings. The van der Waals surface area contributed by atoms with Crippen LogP contribution in [-0.4, -0.2) is 71.2 Å². The molecule has 2 amide bonds. The van der Waals surface area contributed by atoms with Crippen LogP contribution < -0.4 is 4.74 Å². The molecule has 1 N–H and O–H groups in total. The fourth-order valence-corrected chi connectivity index (χ4v) is 5.43. The molecule has 3 aromatic heterocycles. The number of nitrogens with one attached hydrogen (secondary N) is 1. The van der Waals surface area contributed by atoms with Gasteiger partial charge < -0.3 is 24.3 Å². The van der Waals surface area contributed by atoms with Gasteiger partial charge in [0.2, 0.25) is 11.8 Å². The highest BCUT2D eigenvalue weighted by molar-refractivity contribution is 7.10. The first-order chi connectivity index (χ1) is 20.9. The van der Waals surface area contributed by atoms with Crippen LogP contribution in [0.3, 0.4) is 0 Å². The van der Waals surface area contributed by atoms with E-state index in [2.05, 4.69) is 53.5 Å². The fraction of sp³-hybridized carbons (Fsp3) is 0.343. The Labute approximate surface area is 264 Å². The minimum Gasteiger partial charge on any atom is -0.476 e. The molecule has 8 nitrogen and oxygen atoms in total. The molecular weight excluding hydrogens is 572 g/mol. The second-order valence-electron chi connectivity index (χ2n) is 11.7. The zero-order valence-electron chi connectivity index (χ0n) is 26.6. The van der Waals surface area contributed by atoms with Crippen LogP contribution in [0.15, 0.2) is 72.3 Å². The molecule has 0 unspecified atom stereocenters. The summed E-state index contributed by atoms with van der Waals surface area (Å²) in [5.74, 6) is 0.299. The molecule has 0 radical (unpaired) electrons. The average molecular weight is 615 g/mol. The molecule has 0 atom stereocenters. The predicted octanol–water partition coefficient (Wildman–Crippen LogP) is 7.56. The first kappa shape index (κ1) is 32.5. The van der Waals surface area contributed by atoms with Gasteiger partial charge in [-0.1, -0.05) is 31.2 Å². The molecule has 44 heavy (non-hydrogen) atoms. The highest BCUT2D eigenvalue weighted by Gasteiger charge is 2.22. The molecule has 0 aliphatic heterocycles. The largest absolute Gasteiger partial charge is 0.476 e. The molecule has 3 heterocycles. The van der Waals surface area contributed by atoms with Crippen LogP contribution in [-0.2, 0) is 9.53 Å². The standard InChI is InChI=1S/C35H42N4O4S/c1-8-28(27-20-24(2)44-23-27)33(30-21-25-12-9-10-13-29(25)37-30)26-15-16-31(36-22-26)42-19-18-39(34(41)43-35(3,4)5)17-11-14-32(40)38(6)7/h9-16,20-23,37H,8,17-19H2,1-7H3/b14-11+,33-28+. The van der Waals surface area contributed by atoms with E-state index in [1.807, 2.05) is 51.2 Å². The van der Waals surface area contributed by atoms with Gasteiger partial charge in [-0.15, -0.1) is 11.3 Å². The van der Waals surface area contributed by atoms with E-state index in [9.17, 15) is 9.59 Å². The third kappa shape index (κ3) is 8.60. The van der Waals surface area contributed by atoms with Crippen molar-refractivity contribution in [2.75, 3.05) is 33.8 Å². The second kappa shape index (κ2) is 14.4. The van der Waals surface area contributed by atoms with Crippen molar-refractivity contribution in [2.24, 2.45) is 0 Å². The maximum Gasteiger partial charge on any atom is 0.410 e. The minimum atomic E-state index is -0.647. The Morgan fingerprint density at radius 2 is 1.84 bits per heavy atom. The molecule has 0 spiro atoms. The lowest BCUT2D eigenvalue weighted by Gasteiger charge is -2.26. The Kier molecular flexibility index (Phi) is 10.7. The van der Waals surface area contributed by atoms with Crippen molar-refractivity contribution < 1.29 is 19.1 Å². The van der Waals surface area contributed by atoms with Gasteiger partial charge in [-0.2, -0.15) is 0 Å². The van der Waals surface area contributed by atoms with Gasteiger partial charge in [-0.25, -0.2) is 9.78 Å². The highest BCUT2D eigenvalue weighted by Crippen LogP contribution is 2.36. The maximum atomic E-state index is 12.8. The van der Waals surface area contributed by atoms with E-state index in [1.54, 1.807) is 31.5 Å². The van der Waals surface area contributed by atoms with Crippen LogP contribution in [0.2, 0.25) is 0 Å². The number of aromatic amines is 1. The van der Waals surface area contributed by atoms with E-state index in [0.717, 1.165) is 34.2 Å². The predicted molar refractivity (Wildman–Crippen MR) is 179 cm³/mol. The van der Waals surface area contributed by atoms with Gasteiger partial charge in [0, 0.05) is 71.6 Å². The number of rotatable bonds is 11. The number of amides is 2. The molecule has 0 saturated carbocycles. The van der Waals surface area contributed by atoms with E-state index >= 15 is 0 Å². The Morgan fingerprint density at radius 1 is 1.07 bits per heavy atom. The van der Waals surface area contributed by atoms with E-state index in [-0.39, 0.29) is 25.6 Å². The molecule has 1 aromatic carbocycles. The van der Waals surface area contributed by atoms with Gasteiger partial charge in [0.05, 0.1) is 6.54 Å². The summed E-state index contributed by atoms with van der Waals surface area (Å²) in [4.78, 5) is 37.3. The Balaban J connectivity index is 1.54. The van der Waals surface area contributed by atoms with Crippen LogP contribution >= 0.6 is 11.3 Å². The van der Waals surface area contributed by atoms with Gasteiger partial charge >= 0.3 is 6.09 Å². The van der Waals surface area contributed by atoms with Crippen molar-refractivity contribution in [1.82, 2.24) is 19.8 Å². The van der Waals surface area contributed by atoms with E-state index in [4.69, 9.17) is 9.47 Å². The minimum absolute atomic E-state index is 0.157. The summed E-state index contributed by atoms with van der Waals surface area (Å²) in [7, 11) is 3.35. The molecule has 0 saturated heterocycles. The number of hydrogen-bond donors (Lipinski definition) is 1. The van der Waals surface area contributed by atoms with Crippen molar-refractivity contribution in [3.8, 4) is 5.88 Å². The lowest BCUT2D eigenvalue weighted by molar-refractivity contribution is -0.123. The third-order valence-electron chi connectivity index (χ3n) is 6.85. The first-order valence-corrected chi connectivity index (χ1v) is 15.6. The Bertz CT molecular complexity index is 1610. The topological polar surface area (TPSA) is 87.8 Å². The van der Waals surface area contributed by atoms with Crippen molar-refractivity contribution >= 4 is 45.4 Å².